The molecule has 3 fully saturated rings. The monoisotopic (exact) mass is 432 g/mol. The fraction of sp³-hybridized carbons (Fsp3) is 0.800. The summed E-state index contributed by atoms with van der Waals surface area (Å²) in [6.07, 6.45) is 5.90. The molecule has 7 unspecified atom stereocenters. The SMILES string of the molecule is CCCC(=O)OC1CCC2C3C(C(O)CC12C)C1(C)CCC(=O)C=C1C[C@H]3C(=O)OC. The van der Waals surface area contributed by atoms with Gasteiger partial charge in [0.15, 0.2) is 5.78 Å². The van der Waals surface area contributed by atoms with E-state index in [2.05, 4.69) is 13.8 Å². The third-order valence-electron chi connectivity index (χ3n) is 9.10. The number of carbonyl (C=O) groups is 3. The Morgan fingerprint density at radius 3 is 2.68 bits per heavy atom. The molecule has 1 N–H and O–H groups in total. The van der Waals surface area contributed by atoms with E-state index in [1.807, 2.05) is 6.92 Å². The van der Waals surface area contributed by atoms with Crippen LogP contribution in [0.1, 0.15) is 72.1 Å². The first kappa shape index (κ1) is 22.5. The van der Waals surface area contributed by atoms with Crippen molar-refractivity contribution in [3.05, 3.63) is 11.6 Å². The second-order valence-corrected chi connectivity index (χ2v) is 10.7. The number of allylic oxidation sites excluding steroid dienone is 1. The lowest BCUT2D eigenvalue weighted by molar-refractivity contribution is -0.185. The minimum absolute atomic E-state index is 0.0496. The van der Waals surface area contributed by atoms with Gasteiger partial charge in [-0.15, -0.1) is 0 Å². The molecule has 3 saturated carbocycles. The summed E-state index contributed by atoms with van der Waals surface area (Å²) >= 11 is 0. The first-order valence-electron chi connectivity index (χ1n) is 11.8. The Kier molecular flexibility index (Phi) is 5.82. The normalized spacial score (nSPS) is 43.9. The molecular weight excluding hydrogens is 396 g/mol. The van der Waals surface area contributed by atoms with E-state index in [-0.39, 0.29) is 58.3 Å². The van der Waals surface area contributed by atoms with Gasteiger partial charge in [0, 0.05) is 18.3 Å². The summed E-state index contributed by atoms with van der Waals surface area (Å²) in [5.41, 5.74) is 0.339. The molecule has 0 bridgehead atoms. The summed E-state index contributed by atoms with van der Waals surface area (Å²) in [7, 11) is 1.41. The van der Waals surface area contributed by atoms with Gasteiger partial charge in [0.1, 0.15) is 6.10 Å². The number of fused-ring (bicyclic) bond motifs is 5. The number of hydrogen-bond donors (Lipinski definition) is 1. The average molecular weight is 433 g/mol. The van der Waals surface area contributed by atoms with E-state index >= 15 is 0 Å². The van der Waals surface area contributed by atoms with E-state index in [9.17, 15) is 19.5 Å². The zero-order valence-corrected chi connectivity index (χ0v) is 19.2. The van der Waals surface area contributed by atoms with Gasteiger partial charge < -0.3 is 14.6 Å². The van der Waals surface area contributed by atoms with Gasteiger partial charge in [-0.25, -0.2) is 0 Å². The van der Waals surface area contributed by atoms with Crippen molar-refractivity contribution in [3.8, 4) is 0 Å². The van der Waals surface area contributed by atoms with Crippen LogP contribution in [0.25, 0.3) is 0 Å². The molecule has 0 heterocycles. The molecule has 0 spiro atoms. The highest BCUT2D eigenvalue weighted by Crippen LogP contribution is 2.67. The van der Waals surface area contributed by atoms with E-state index < -0.39 is 6.10 Å². The Morgan fingerprint density at radius 2 is 2.00 bits per heavy atom. The van der Waals surface area contributed by atoms with Crippen molar-refractivity contribution in [1.82, 2.24) is 0 Å². The van der Waals surface area contributed by atoms with Crippen molar-refractivity contribution >= 4 is 17.7 Å². The molecule has 4 aliphatic rings. The van der Waals surface area contributed by atoms with Gasteiger partial charge in [-0.2, -0.15) is 0 Å². The number of hydrogen-bond acceptors (Lipinski definition) is 6. The van der Waals surface area contributed by atoms with Crippen LogP contribution in [0.3, 0.4) is 0 Å². The second kappa shape index (κ2) is 8.02. The van der Waals surface area contributed by atoms with E-state index in [1.54, 1.807) is 6.08 Å². The molecule has 0 aliphatic heterocycles. The van der Waals surface area contributed by atoms with Crippen LogP contribution in [0.5, 0.6) is 0 Å². The minimum Gasteiger partial charge on any atom is -0.469 e. The number of aliphatic hydroxyl groups is 1. The molecule has 0 aromatic carbocycles. The van der Waals surface area contributed by atoms with Crippen LogP contribution >= 0.6 is 0 Å². The summed E-state index contributed by atoms with van der Waals surface area (Å²) in [5, 5.41) is 11.5. The molecule has 172 valence electrons. The number of ether oxygens (including phenoxy) is 2. The van der Waals surface area contributed by atoms with Crippen LogP contribution in [0.4, 0.5) is 0 Å². The summed E-state index contributed by atoms with van der Waals surface area (Å²) in [4.78, 5) is 37.4. The highest BCUT2D eigenvalue weighted by Gasteiger charge is 2.66. The molecule has 6 heteroatoms. The predicted molar refractivity (Wildman–Crippen MR) is 114 cm³/mol. The van der Waals surface area contributed by atoms with Crippen LogP contribution in [-0.4, -0.2) is 42.1 Å². The van der Waals surface area contributed by atoms with Gasteiger partial charge in [-0.1, -0.05) is 26.3 Å². The fourth-order valence-electron chi connectivity index (χ4n) is 7.64. The Hall–Kier alpha value is -1.69. The summed E-state index contributed by atoms with van der Waals surface area (Å²) in [6, 6.07) is 0. The lowest BCUT2D eigenvalue weighted by Crippen LogP contribution is -2.61. The molecule has 6 nitrogen and oxygen atoms in total. The number of aliphatic hydroxyl groups excluding tert-OH is 1. The quantitative estimate of drug-likeness (QED) is 0.683. The molecule has 4 rings (SSSR count). The van der Waals surface area contributed by atoms with E-state index in [0.29, 0.717) is 32.1 Å². The topological polar surface area (TPSA) is 89.9 Å². The molecule has 8 atom stereocenters. The standard InChI is InChI=1S/C25H36O6/c1-5-6-20(28)31-19-8-7-17-21-16(23(29)30-4)12-14-11-15(26)9-10-24(14,2)22(21)18(27)13-25(17,19)3/h11,16-19,21-22,27H,5-10,12-13H2,1-4H3/t16-,17?,18?,19?,21?,22?,24?,25?/m1/s1. The third-order valence-corrected chi connectivity index (χ3v) is 9.10. The lowest BCUT2D eigenvalue weighted by Gasteiger charge is -2.61. The first-order valence-corrected chi connectivity index (χ1v) is 11.8. The van der Waals surface area contributed by atoms with Crippen LogP contribution in [0.2, 0.25) is 0 Å². The Bertz CT molecular complexity index is 802. The highest BCUT2D eigenvalue weighted by molar-refractivity contribution is 5.92. The molecule has 4 aliphatic carbocycles. The smallest absolute Gasteiger partial charge is 0.309 e. The molecule has 31 heavy (non-hydrogen) atoms. The van der Waals surface area contributed by atoms with E-state index in [1.165, 1.54) is 7.11 Å². The van der Waals surface area contributed by atoms with Crippen molar-refractivity contribution in [2.75, 3.05) is 7.11 Å². The first-order chi connectivity index (χ1) is 14.7. The van der Waals surface area contributed by atoms with Crippen molar-refractivity contribution in [2.45, 2.75) is 84.3 Å². The predicted octanol–water partition coefficient (Wildman–Crippen LogP) is 3.60. The Morgan fingerprint density at radius 1 is 1.26 bits per heavy atom. The highest BCUT2D eigenvalue weighted by atomic mass is 16.5. The number of ketones is 1. The van der Waals surface area contributed by atoms with E-state index in [4.69, 9.17) is 9.47 Å². The molecule has 0 aromatic heterocycles. The number of carbonyl (C=O) groups excluding carboxylic acids is 3. The van der Waals surface area contributed by atoms with Gasteiger partial charge in [0.05, 0.1) is 19.1 Å². The minimum atomic E-state index is -0.620. The summed E-state index contributed by atoms with van der Waals surface area (Å²) in [5.74, 6) is -0.709. The Labute approximate surface area is 184 Å². The van der Waals surface area contributed by atoms with Crippen LogP contribution in [0, 0.1) is 34.5 Å². The van der Waals surface area contributed by atoms with E-state index in [0.717, 1.165) is 24.8 Å². The number of methoxy groups -OCH3 is 1. The number of esters is 2. The number of rotatable bonds is 4. The van der Waals surface area contributed by atoms with Crippen LogP contribution in [0.15, 0.2) is 11.6 Å². The summed E-state index contributed by atoms with van der Waals surface area (Å²) in [6.45, 7) is 6.25. The van der Waals surface area contributed by atoms with Gasteiger partial charge in [0.25, 0.3) is 0 Å². The lowest BCUT2D eigenvalue weighted by atomic mass is 9.44. The average Bonchev–Trinajstić information content (AvgIpc) is 3.03. The molecule has 0 saturated heterocycles. The van der Waals surface area contributed by atoms with Gasteiger partial charge in [0.2, 0.25) is 0 Å². The molecule has 0 radical (unpaired) electrons. The zero-order valence-electron chi connectivity index (χ0n) is 19.2. The molecular formula is C25H36O6. The maximum absolute atomic E-state index is 12.9. The van der Waals surface area contributed by atoms with Crippen LogP contribution in [-0.2, 0) is 23.9 Å². The molecule has 0 amide bonds. The maximum atomic E-state index is 12.9. The van der Waals surface area contributed by atoms with Gasteiger partial charge in [-0.05, 0) is 67.8 Å². The van der Waals surface area contributed by atoms with Crippen molar-refractivity contribution in [3.63, 3.8) is 0 Å². The fourth-order valence-corrected chi connectivity index (χ4v) is 7.64. The molecule has 0 aromatic rings. The third kappa shape index (κ3) is 3.46. The Balaban J connectivity index is 1.73. The zero-order chi connectivity index (χ0) is 22.6. The van der Waals surface area contributed by atoms with Crippen molar-refractivity contribution in [2.24, 2.45) is 34.5 Å². The van der Waals surface area contributed by atoms with Crippen molar-refractivity contribution < 1.29 is 29.0 Å². The summed E-state index contributed by atoms with van der Waals surface area (Å²) < 4.78 is 11.1. The maximum Gasteiger partial charge on any atom is 0.309 e. The van der Waals surface area contributed by atoms with Gasteiger partial charge in [-0.3, -0.25) is 14.4 Å². The van der Waals surface area contributed by atoms with Gasteiger partial charge >= 0.3 is 11.9 Å². The largest absolute Gasteiger partial charge is 0.469 e. The van der Waals surface area contributed by atoms with Crippen LogP contribution < -0.4 is 0 Å². The van der Waals surface area contributed by atoms with Crippen molar-refractivity contribution in [1.29, 1.82) is 0 Å². The second-order valence-electron chi connectivity index (χ2n) is 10.7.